The number of rotatable bonds is 4. The molecule has 0 aliphatic carbocycles. The number of carbonyl (C=O) groups is 1. The number of nitrogens with two attached hydrogens (primary N) is 1. The van der Waals surface area contributed by atoms with Crippen LogP contribution in [0.5, 0.6) is 0 Å². The molecule has 20 heavy (non-hydrogen) atoms. The third-order valence-corrected chi connectivity index (χ3v) is 3.98. The zero-order valence-electron chi connectivity index (χ0n) is 12.6. The molecule has 1 saturated heterocycles. The molecule has 1 aliphatic heterocycles. The molecule has 1 aromatic rings. The number of hydrogen-bond acceptors (Lipinski definition) is 3. The third kappa shape index (κ3) is 3.63. The number of amides is 1. The van der Waals surface area contributed by atoms with Crippen LogP contribution in [0.1, 0.15) is 62.1 Å². The van der Waals surface area contributed by atoms with E-state index in [2.05, 4.69) is 18.7 Å². The molecule has 4 nitrogen and oxygen atoms in total. The van der Waals surface area contributed by atoms with Crippen LogP contribution < -0.4 is 5.73 Å². The molecule has 0 aromatic carbocycles. The first-order chi connectivity index (χ1) is 9.61. The van der Waals surface area contributed by atoms with Crippen molar-refractivity contribution in [2.75, 3.05) is 6.54 Å². The van der Waals surface area contributed by atoms with Crippen molar-refractivity contribution < 1.29 is 9.21 Å². The SMILES string of the molecule is CC(C)CC1CCCCCN1C(=O)c1coc(CN)c1. The van der Waals surface area contributed by atoms with Gasteiger partial charge in [0.15, 0.2) is 0 Å². The van der Waals surface area contributed by atoms with Gasteiger partial charge in [0.25, 0.3) is 5.91 Å². The van der Waals surface area contributed by atoms with E-state index in [1.54, 1.807) is 12.3 Å². The van der Waals surface area contributed by atoms with Crippen LogP contribution in [-0.4, -0.2) is 23.4 Å². The smallest absolute Gasteiger partial charge is 0.257 e. The summed E-state index contributed by atoms with van der Waals surface area (Å²) in [6.45, 7) is 5.64. The second kappa shape index (κ2) is 6.93. The van der Waals surface area contributed by atoms with Crippen molar-refractivity contribution in [3.05, 3.63) is 23.7 Å². The van der Waals surface area contributed by atoms with Gasteiger partial charge in [-0.05, 0) is 31.2 Å². The second-order valence-electron chi connectivity index (χ2n) is 6.14. The number of furan rings is 1. The van der Waals surface area contributed by atoms with Gasteiger partial charge in [0.1, 0.15) is 12.0 Å². The first-order valence-electron chi connectivity index (χ1n) is 7.70. The lowest BCUT2D eigenvalue weighted by molar-refractivity contribution is 0.0660. The maximum Gasteiger partial charge on any atom is 0.257 e. The lowest BCUT2D eigenvalue weighted by Crippen LogP contribution is -2.40. The summed E-state index contributed by atoms with van der Waals surface area (Å²) in [5.74, 6) is 1.38. The molecule has 2 rings (SSSR count). The Morgan fingerprint density at radius 1 is 1.45 bits per heavy atom. The fraction of sp³-hybridized carbons (Fsp3) is 0.688. The van der Waals surface area contributed by atoms with Crippen molar-refractivity contribution in [2.24, 2.45) is 11.7 Å². The van der Waals surface area contributed by atoms with Gasteiger partial charge in [0.05, 0.1) is 12.1 Å². The lowest BCUT2D eigenvalue weighted by atomic mass is 9.98. The highest BCUT2D eigenvalue weighted by Gasteiger charge is 2.27. The van der Waals surface area contributed by atoms with Crippen molar-refractivity contribution in [1.29, 1.82) is 0 Å². The fourth-order valence-electron chi connectivity index (χ4n) is 3.00. The minimum atomic E-state index is 0.0981. The zero-order valence-corrected chi connectivity index (χ0v) is 12.6. The van der Waals surface area contributed by atoms with Gasteiger partial charge in [-0.2, -0.15) is 0 Å². The van der Waals surface area contributed by atoms with Crippen molar-refractivity contribution in [3.63, 3.8) is 0 Å². The second-order valence-corrected chi connectivity index (χ2v) is 6.14. The number of likely N-dealkylation sites (tertiary alicyclic amines) is 1. The van der Waals surface area contributed by atoms with Gasteiger partial charge in [-0.25, -0.2) is 0 Å². The quantitative estimate of drug-likeness (QED) is 0.920. The molecule has 1 amide bonds. The molecular formula is C16H26N2O2. The normalized spacial score (nSPS) is 20.2. The zero-order chi connectivity index (χ0) is 14.5. The minimum Gasteiger partial charge on any atom is -0.467 e. The van der Waals surface area contributed by atoms with Crippen LogP contribution in [0.3, 0.4) is 0 Å². The maximum atomic E-state index is 12.7. The summed E-state index contributed by atoms with van der Waals surface area (Å²) < 4.78 is 5.30. The van der Waals surface area contributed by atoms with E-state index in [-0.39, 0.29) is 5.91 Å². The van der Waals surface area contributed by atoms with Crippen LogP contribution in [0.4, 0.5) is 0 Å². The Bertz CT molecular complexity index is 439. The highest BCUT2D eigenvalue weighted by atomic mass is 16.3. The first kappa shape index (κ1) is 15.1. The van der Waals surface area contributed by atoms with E-state index in [0.717, 1.165) is 25.8 Å². The van der Waals surface area contributed by atoms with E-state index in [0.29, 0.717) is 29.8 Å². The molecule has 0 saturated carbocycles. The van der Waals surface area contributed by atoms with E-state index in [1.807, 2.05) is 0 Å². The van der Waals surface area contributed by atoms with Crippen molar-refractivity contribution >= 4 is 5.91 Å². The molecule has 0 radical (unpaired) electrons. The molecule has 0 spiro atoms. The summed E-state index contributed by atoms with van der Waals surface area (Å²) in [5.41, 5.74) is 6.18. The van der Waals surface area contributed by atoms with E-state index in [4.69, 9.17) is 10.2 Å². The molecule has 1 unspecified atom stereocenters. The minimum absolute atomic E-state index is 0.0981. The van der Waals surface area contributed by atoms with E-state index < -0.39 is 0 Å². The van der Waals surface area contributed by atoms with Crippen LogP contribution in [-0.2, 0) is 6.54 Å². The van der Waals surface area contributed by atoms with Gasteiger partial charge >= 0.3 is 0 Å². The van der Waals surface area contributed by atoms with Crippen LogP contribution in [0.2, 0.25) is 0 Å². The fourth-order valence-corrected chi connectivity index (χ4v) is 3.00. The standard InChI is InChI=1S/C16H26N2O2/c1-12(2)8-14-6-4-3-5-7-18(14)16(19)13-9-15(10-17)20-11-13/h9,11-12,14H,3-8,10,17H2,1-2H3. The summed E-state index contributed by atoms with van der Waals surface area (Å²) in [5, 5.41) is 0. The molecule has 0 bridgehead atoms. The lowest BCUT2D eigenvalue weighted by Gasteiger charge is -2.31. The molecule has 1 aromatic heterocycles. The van der Waals surface area contributed by atoms with E-state index in [9.17, 15) is 4.79 Å². The monoisotopic (exact) mass is 278 g/mol. The Kier molecular flexibility index (Phi) is 5.24. The van der Waals surface area contributed by atoms with E-state index >= 15 is 0 Å². The van der Waals surface area contributed by atoms with Crippen LogP contribution in [0.15, 0.2) is 16.7 Å². The predicted octanol–water partition coefficient (Wildman–Crippen LogP) is 3.17. The van der Waals surface area contributed by atoms with Gasteiger partial charge in [-0.1, -0.05) is 26.7 Å². The molecule has 1 atom stereocenters. The topological polar surface area (TPSA) is 59.5 Å². The van der Waals surface area contributed by atoms with Crippen molar-refractivity contribution in [2.45, 2.75) is 58.5 Å². The Morgan fingerprint density at radius 2 is 2.25 bits per heavy atom. The van der Waals surface area contributed by atoms with Crippen molar-refractivity contribution in [1.82, 2.24) is 4.90 Å². The summed E-state index contributed by atoms with van der Waals surface area (Å²) >= 11 is 0. The highest BCUT2D eigenvalue weighted by molar-refractivity contribution is 5.94. The Morgan fingerprint density at radius 3 is 2.90 bits per heavy atom. The maximum absolute atomic E-state index is 12.7. The molecule has 112 valence electrons. The molecule has 1 aliphatic rings. The number of carbonyl (C=O) groups excluding carboxylic acids is 1. The first-order valence-corrected chi connectivity index (χ1v) is 7.70. The Balaban J connectivity index is 2.14. The average molecular weight is 278 g/mol. The van der Waals surface area contributed by atoms with Gasteiger partial charge in [0.2, 0.25) is 0 Å². The van der Waals surface area contributed by atoms with Crippen LogP contribution in [0.25, 0.3) is 0 Å². The highest BCUT2D eigenvalue weighted by Crippen LogP contribution is 2.24. The molecule has 2 N–H and O–H groups in total. The predicted molar refractivity (Wildman–Crippen MR) is 79.3 cm³/mol. The molecule has 2 heterocycles. The molecular weight excluding hydrogens is 252 g/mol. The largest absolute Gasteiger partial charge is 0.467 e. The number of nitrogens with zero attached hydrogens (tertiary/aromatic N) is 1. The summed E-state index contributed by atoms with van der Waals surface area (Å²) in [4.78, 5) is 14.8. The molecule has 4 heteroatoms. The van der Waals surface area contributed by atoms with Crippen molar-refractivity contribution in [3.8, 4) is 0 Å². The summed E-state index contributed by atoms with van der Waals surface area (Å²) in [6.07, 6.45) is 7.28. The van der Waals surface area contributed by atoms with Gasteiger partial charge in [-0.3, -0.25) is 4.79 Å². The van der Waals surface area contributed by atoms with Gasteiger partial charge < -0.3 is 15.1 Å². The Labute approximate surface area is 121 Å². The summed E-state index contributed by atoms with van der Waals surface area (Å²) in [7, 11) is 0. The van der Waals surface area contributed by atoms with Gasteiger partial charge in [-0.15, -0.1) is 0 Å². The van der Waals surface area contributed by atoms with Crippen LogP contribution >= 0.6 is 0 Å². The third-order valence-electron chi connectivity index (χ3n) is 3.98. The Hall–Kier alpha value is -1.29. The average Bonchev–Trinajstić information content (AvgIpc) is 2.79. The van der Waals surface area contributed by atoms with Gasteiger partial charge in [0, 0.05) is 12.6 Å². The van der Waals surface area contributed by atoms with Crippen LogP contribution in [0, 0.1) is 5.92 Å². The van der Waals surface area contributed by atoms with E-state index in [1.165, 1.54) is 12.8 Å². The molecule has 1 fully saturated rings. The summed E-state index contributed by atoms with van der Waals surface area (Å²) in [6, 6.07) is 2.14. The number of hydrogen-bond donors (Lipinski definition) is 1.